The molecule has 2 aromatic heterocycles. The highest BCUT2D eigenvalue weighted by molar-refractivity contribution is 5.55. The van der Waals surface area contributed by atoms with E-state index in [0.717, 1.165) is 36.7 Å². The number of hydrogen-bond donors (Lipinski definition) is 0. The Balaban J connectivity index is 1.52. The number of furan rings is 1. The Labute approximate surface area is 159 Å². The molecule has 0 bridgehead atoms. The first kappa shape index (κ1) is 17.3. The summed E-state index contributed by atoms with van der Waals surface area (Å²) in [7, 11) is 0. The molecule has 0 fully saturated rings. The lowest BCUT2D eigenvalue weighted by Crippen LogP contribution is -2.22. The van der Waals surface area contributed by atoms with E-state index in [2.05, 4.69) is 76.6 Å². The normalized spacial score (nSPS) is 11.0. The Bertz CT molecular complexity index is 908. The van der Waals surface area contributed by atoms with Gasteiger partial charge in [-0.25, -0.2) is 0 Å². The zero-order valence-corrected chi connectivity index (χ0v) is 15.2. The summed E-state index contributed by atoms with van der Waals surface area (Å²) in [4.78, 5) is 6.57. The molecule has 0 amide bonds. The summed E-state index contributed by atoms with van der Waals surface area (Å²) < 4.78 is 6.09. The van der Waals surface area contributed by atoms with Crippen LogP contribution in [0.5, 0.6) is 0 Å². The summed E-state index contributed by atoms with van der Waals surface area (Å²) in [5.41, 5.74) is 3.60. The summed E-state index contributed by atoms with van der Waals surface area (Å²) in [5.74, 6) is 1.82. The molecule has 0 aliphatic rings. The topological polar surface area (TPSA) is 29.3 Å². The monoisotopic (exact) mass is 354 g/mol. The Hall–Kier alpha value is -3.17. The van der Waals surface area contributed by atoms with E-state index in [1.165, 1.54) is 11.1 Å². The van der Waals surface area contributed by atoms with Gasteiger partial charge in [-0.2, -0.15) is 0 Å². The van der Waals surface area contributed by atoms with Crippen molar-refractivity contribution in [2.24, 2.45) is 0 Å². The average Bonchev–Trinajstić information content (AvgIpc) is 3.19. The first-order valence-corrected chi connectivity index (χ1v) is 9.16. The van der Waals surface area contributed by atoms with Gasteiger partial charge in [0.25, 0.3) is 0 Å². The van der Waals surface area contributed by atoms with E-state index >= 15 is 0 Å². The molecule has 0 aliphatic heterocycles. The van der Waals surface area contributed by atoms with Gasteiger partial charge in [-0.1, -0.05) is 60.7 Å². The first-order chi connectivity index (χ1) is 13.4. The standard InChI is InChI=1S/C24H22N2O/c1-3-8-20(9-4-1)17-26(18-21-10-5-2-6-11-21)19-23-13-14-24(27-23)22-12-7-15-25-16-22/h1-16H,17-19H2. The van der Waals surface area contributed by atoms with E-state index in [-0.39, 0.29) is 0 Å². The van der Waals surface area contributed by atoms with Gasteiger partial charge in [0.05, 0.1) is 6.54 Å². The summed E-state index contributed by atoms with van der Waals surface area (Å²) in [6.07, 6.45) is 3.60. The van der Waals surface area contributed by atoms with Crippen LogP contribution < -0.4 is 0 Å². The van der Waals surface area contributed by atoms with Crippen LogP contribution in [0.1, 0.15) is 16.9 Å². The first-order valence-electron chi connectivity index (χ1n) is 9.16. The fourth-order valence-electron chi connectivity index (χ4n) is 3.20. The lowest BCUT2D eigenvalue weighted by molar-refractivity contribution is 0.228. The van der Waals surface area contributed by atoms with Gasteiger partial charge in [-0.05, 0) is 35.4 Å². The molecule has 0 radical (unpaired) electrons. The molecule has 0 saturated carbocycles. The molecule has 0 spiro atoms. The third kappa shape index (κ3) is 4.72. The van der Waals surface area contributed by atoms with Crippen LogP contribution in [0.4, 0.5) is 0 Å². The largest absolute Gasteiger partial charge is 0.460 e. The molecule has 3 heteroatoms. The van der Waals surface area contributed by atoms with Gasteiger partial charge in [0.15, 0.2) is 0 Å². The summed E-state index contributed by atoms with van der Waals surface area (Å²) in [5, 5.41) is 0. The van der Waals surface area contributed by atoms with Crippen molar-refractivity contribution in [2.45, 2.75) is 19.6 Å². The Morgan fingerprint density at radius 1 is 0.667 bits per heavy atom. The predicted octanol–water partition coefficient (Wildman–Crippen LogP) is 5.54. The summed E-state index contributed by atoms with van der Waals surface area (Å²) in [6, 6.07) is 29.1. The van der Waals surface area contributed by atoms with Gasteiger partial charge < -0.3 is 4.42 Å². The molecule has 2 heterocycles. The minimum Gasteiger partial charge on any atom is -0.460 e. The van der Waals surface area contributed by atoms with Crippen LogP contribution in [0.3, 0.4) is 0 Å². The van der Waals surface area contributed by atoms with Crippen molar-refractivity contribution in [3.8, 4) is 11.3 Å². The highest BCUT2D eigenvalue weighted by Crippen LogP contribution is 2.23. The van der Waals surface area contributed by atoms with E-state index in [1.807, 2.05) is 24.4 Å². The second kappa shape index (κ2) is 8.47. The van der Waals surface area contributed by atoms with E-state index in [4.69, 9.17) is 4.42 Å². The van der Waals surface area contributed by atoms with Gasteiger partial charge in [-0.3, -0.25) is 9.88 Å². The Morgan fingerprint density at radius 3 is 1.93 bits per heavy atom. The second-order valence-electron chi connectivity index (χ2n) is 6.62. The van der Waals surface area contributed by atoms with E-state index in [9.17, 15) is 0 Å². The fraction of sp³-hybridized carbons (Fsp3) is 0.125. The quantitative estimate of drug-likeness (QED) is 0.436. The highest BCUT2D eigenvalue weighted by atomic mass is 16.3. The maximum absolute atomic E-state index is 6.09. The number of pyridine rings is 1. The van der Waals surface area contributed by atoms with Crippen LogP contribution in [0.15, 0.2) is 102 Å². The molecule has 4 aromatic rings. The zero-order chi connectivity index (χ0) is 18.3. The minimum absolute atomic E-state index is 0.754. The molecule has 2 aromatic carbocycles. The van der Waals surface area contributed by atoms with E-state index < -0.39 is 0 Å². The van der Waals surface area contributed by atoms with E-state index in [0.29, 0.717) is 0 Å². The van der Waals surface area contributed by atoms with Gasteiger partial charge in [0, 0.05) is 31.0 Å². The number of hydrogen-bond acceptors (Lipinski definition) is 3. The lowest BCUT2D eigenvalue weighted by Gasteiger charge is -2.21. The lowest BCUT2D eigenvalue weighted by atomic mass is 10.1. The average molecular weight is 354 g/mol. The molecular weight excluding hydrogens is 332 g/mol. The van der Waals surface area contributed by atoms with Crippen molar-refractivity contribution in [2.75, 3.05) is 0 Å². The number of rotatable bonds is 7. The molecule has 3 nitrogen and oxygen atoms in total. The number of benzene rings is 2. The van der Waals surface area contributed by atoms with Crippen LogP contribution >= 0.6 is 0 Å². The van der Waals surface area contributed by atoms with Crippen LogP contribution in [0, 0.1) is 0 Å². The van der Waals surface area contributed by atoms with E-state index in [1.54, 1.807) is 6.20 Å². The molecule has 0 atom stereocenters. The second-order valence-corrected chi connectivity index (χ2v) is 6.62. The molecular formula is C24H22N2O. The maximum atomic E-state index is 6.09. The fourth-order valence-corrected chi connectivity index (χ4v) is 3.20. The molecule has 27 heavy (non-hydrogen) atoms. The Morgan fingerprint density at radius 2 is 1.33 bits per heavy atom. The van der Waals surface area contributed by atoms with Gasteiger partial charge in [0.1, 0.15) is 11.5 Å². The predicted molar refractivity (Wildman–Crippen MR) is 108 cm³/mol. The Kier molecular flexibility index (Phi) is 5.42. The van der Waals surface area contributed by atoms with Gasteiger partial charge in [-0.15, -0.1) is 0 Å². The molecule has 0 saturated heterocycles. The maximum Gasteiger partial charge on any atom is 0.135 e. The third-order valence-corrected chi connectivity index (χ3v) is 4.49. The summed E-state index contributed by atoms with van der Waals surface area (Å²) >= 11 is 0. The molecule has 134 valence electrons. The minimum atomic E-state index is 0.754. The van der Waals surface area contributed by atoms with Crippen LogP contribution in [0.25, 0.3) is 11.3 Å². The third-order valence-electron chi connectivity index (χ3n) is 4.49. The smallest absolute Gasteiger partial charge is 0.135 e. The SMILES string of the molecule is c1ccc(CN(Cc2ccccc2)Cc2ccc(-c3cccnc3)o2)cc1. The van der Waals surface area contributed by atoms with Crippen LogP contribution in [-0.2, 0) is 19.6 Å². The molecule has 0 unspecified atom stereocenters. The molecule has 4 rings (SSSR count). The van der Waals surface area contributed by atoms with Crippen molar-refractivity contribution in [1.29, 1.82) is 0 Å². The van der Waals surface area contributed by atoms with Crippen LogP contribution in [0.2, 0.25) is 0 Å². The molecule has 0 N–H and O–H groups in total. The van der Waals surface area contributed by atoms with Crippen molar-refractivity contribution < 1.29 is 4.42 Å². The highest BCUT2D eigenvalue weighted by Gasteiger charge is 2.12. The van der Waals surface area contributed by atoms with Crippen molar-refractivity contribution in [3.63, 3.8) is 0 Å². The van der Waals surface area contributed by atoms with Crippen molar-refractivity contribution in [3.05, 3.63) is 114 Å². The number of nitrogens with zero attached hydrogens (tertiary/aromatic N) is 2. The summed E-state index contributed by atoms with van der Waals surface area (Å²) in [6.45, 7) is 2.50. The van der Waals surface area contributed by atoms with Gasteiger partial charge in [0.2, 0.25) is 0 Å². The van der Waals surface area contributed by atoms with Gasteiger partial charge >= 0.3 is 0 Å². The zero-order valence-electron chi connectivity index (χ0n) is 15.2. The van der Waals surface area contributed by atoms with Crippen molar-refractivity contribution >= 4 is 0 Å². The van der Waals surface area contributed by atoms with Crippen LogP contribution in [-0.4, -0.2) is 9.88 Å². The molecule has 0 aliphatic carbocycles. The van der Waals surface area contributed by atoms with Crippen molar-refractivity contribution in [1.82, 2.24) is 9.88 Å². The number of aromatic nitrogens is 1.